The standard InChI is InChI=1S/C21H22N2O3/c1-4-13(2)23(3)12-18(24)22-17-11-7-10-16-19(17)21(26)15-9-6-5-8-14(15)20(16)25/h5-11,13H,4,12H2,1-3H3,(H,22,24). The Morgan fingerprint density at radius 1 is 1.00 bits per heavy atom. The molecule has 0 fully saturated rings. The summed E-state index contributed by atoms with van der Waals surface area (Å²) in [5, 5.41) is 2.81. The second kappa shape index (κ2) is 7.22. The Balaban J connectivity index is 1.91. The number of benzene rings is 2. The first-order chi connectivity index (χ1) is 12.4. The lowest BCUT2D eigenvalue weighted by atomic mass is 9.83. The molecule has 1 atom stereocenters. The van der Waals surface area contributed by atoms with E-state index in [1.165, 1.54) is 0 Å². The Hall–Kier alpha value is -2.79. The number of fused-ring (bicyclic) bond motifs is 2. The molecule has 26 heavy (non-hydrogen) atoms. The Morgan fingerprint density at radius 2 is 1.62 bits per heavy atom. The number of carbonyl (C=O) groups is 3. The molecular weight excluding hydrogens is 328 g/mol. The molecule has 5 heteroatoms. The third-order valence-corrected chi connectivity index (χ3v) is 4.96. The number of hydrogen-bond acceptors (Lipinski definition) is 4. The molecule has 0 saturated heterocycles. The highest BCUT2D eigenvalue weighted by Gasteiger charge is 2.31. The van der Waals surface area contributed by atoms with E-state index in [-0.39, 0.29) is 35.6 Å². The van der Waals surface area contributed by atoms with E-state index in [1.54, 1.807) is 42.5 Å². The van der Waals surface area contributed by atoms with Gasteiger partial charge in [-0.15, -0.1) is 0 Å². The number of ketones is 2. The average molecular weight is 350 g/mol. The summed E-state index contributed by atoms with van der Waals surface area (Å²) in [4.78, 5) is 40.0. The summed E-state index contributed by atoms with van der Waals surface area (Å²) in [6.07, 6.45) is 0.939. The van der Waals surface area contributed by atoms with Gasteiger partial charge < -0.3 is 5.32 Å². The minimum Gasteiger partial charge on any atom is -0.324 e. The lowest BCUT2D eigenvalue weighted by molar-refractivity contribution is -0.117. The topological polar surface area (TPSA) is 66.5 Å². The third kappa shape index (κ3) is 3.18. The van der Waals surface area contributed by atoms with E-state index >= 15 is 0 Å². The summed E-state index contributed by atoms with van der Waals surface area (Å²) in [6.45, 7) is 4.34. The third-order valence-electron chi connectivity index (χ3n) is 4.96. The van der Waals surface area contributed by atoms with Crippen LogP contribution in [-0.4, -0.2) is 42.0 Å². The monoisotopic (exact) mass is 350 g/mol. The van der Waals surface area contributed by atoms with Gasteiger partial charge in [0.25, 0.3) is 0 Å². The predicted octanol–water partition coefficient (Wildman–Crippen LogP) is 3.13. The highest BCUT2D eigenvalue weighted by molar-refractivity contribution is 6.30. The molecule has 0 aliphatic heterocycles. The van der Waals surface area contributed by atoms with Crippen molar-refractivity contribution in [2.24, 2.45) is 0 Å². The first kappa shape index (κ1) is 18.0. The van der Waals surface area contributed by atoms with Crippen LogP contribution < -0.4 is 5.32 Å². The predicted molar refractivity (Wildman–Crippen MR) is 101 cm³/mol. The van der Waals surface area contributed by atoms with Crippen molar-refractivity contribution >= 4 is 23.2 Å². The van der Waals surface area contributed by atoms with Crippen LogP contribution in [0.1, 0.15) is 52.1 Å². The SMILES string of the molecule is CCC(C)N(C)CC(=O)Nc1cccc2c1C(=O)c1ccccc1C2=O. The molecule has 1 aliphatic carbocycles. The summed E-state index contributed by atoms with van der Waals surface area (Å²) >= 11 is 0. The van der Waals surface area contributed by atoms with Crippen LogP contribution in [0.15, 0.2) is 42.5 Å². The van der Waals surface area contributed by atoms with Gasteiger partial charge in [-0.3, -0.25) is 19.3 Å². The maximum absolute atomic E-state index is 12.9. The molecule has 0 aromatic heterocycles. The first-order valence-electron chi connectivity index (χ1n) is 8.75. The molecule has 0 radical (unpaired) electrons. The first-order valence-corrected chi connectivity index (χ1v) is 8.75. The molecule has 1 unspecified atom stereocenters. The zero-order chi connectivity index (χ0) is 18.8. The zero-order valence-electron chi connectivity index (χ0n) is 15.2. The molecule has 2 aromatic rings. The minimum absolute atomic E-state index is 0.192. The number of anilines is 1. The Morgan fingerprint density at radius 3 is 2.27 bits per heavy atom. The highest BCUT2D eigenvalue weighted by atomic mass is 16.2. The fourth-order valence-corrected chi connectivity index (χ4v) is 3.13. The van der Waals surface area contributed by atoms with Gasteiger partial charge in [0, 0.05) is 22.7 Å². The molecule has 1 amide bonds. The fraction of sp³-hybridized carbons (Fsp3) is 0.286. The zero-order valence-corrected chi connectivity index (χ0v) is 15.2. The average Bonchev–Trinajstić information content (AvgIpc) is 2.65. The van der Waals surface area contributed by atoms with Gasteiger partial charge in [0.1, 0.15) is 0 Å². The summed E-state index contributed by atoms with van der Waals surface area (Å²) in [6, 6.07) is 12.0. The number of nitrogens with zero attached hydrogens (tertiary/aromatic N) is 1. The van der Waals surface area contributed by atoms with Crippen molar-refractivity contribution in [1.82, 2.24) is 4.90 Å². The Labute approximate surface area is 153 Å². The lowest BCUT2D eigenvalue weighted by Crippen LogP contribution is -2.36. The summed E-state index contributed by atoms with van der Waals surface area (Å²) in [5.74, 6) is -0.635. The Bertz CT molecular complexity index is 889. The molecule has 3 rings (SSSR count). The van der Waals surface area contributed by atoms with E-state index in [0.29, 0.717) is 22.4 Å². The van der Waals surface area contributed by atoms with Crippen molar-refractivity contribution in [3.63, 3.8) is 0 Å². The smallest absolute Gasteiger partial charge is 0.238 e. The van der Waals surface area contributed by atoms with Crippen molar-refractivity contribution in [3.05, 3.63) is 64.7 Å². The van der Waals surface area contributed by atoms with Gasteiger partial charge in [0.15, 0.2) is 11.6 Å². The summed E-state index contributed by atoms with van der Waals surface area (Å²) in [5.41, 5.74) is 1.78. The van der Waals surface area contributed by atoms with E-state index < -0.39 is 0 Å². The van der Waals surface area contributed by atoms with Crippen molar-refractivity contribution in [3.8, 4) is 0 Å². The number of amides is 1. The maximum Gasteiger partial charge on any atom is 0.238 e. The summed E-state index contributed by atoms with van der Waals surface area (Å²) < 4.78 is 0. The van der Waals surface area contributed by atoms with Gasteiger partial charge >= 0.3 is 0 Å². The van der Waals surface area contributed by atoms with Crippen LogP contribution in [0.25, 0.3) is 0 Å². The number of rotatable bonds is 5. The van der Waals surface area contributed by atoms with Crippen LogP contribution in [0, 0.1) is 0 Å². The van der Waals surface area contributed by atoms with Crippen LogP contribution in [0.5, 0.6) is 0 Å². The van der Waals surface area contributed by atoms with Crippen LogP contribution in [-0.2, 0) is 4.79 Å². The fourth-order valence-electron chi connectivity index (χ4n) is 3.13. The molecule has 134 valence electrons. The van der Waals surface area contributed by atoms with Gasteiger partial charge in [-0.25, -0.2) is 0 Å². The normalized spacial score (nSPS) is 14.0. The largest absolute Gasteiger partial charge is 0.324 e. The van der Waals surface area contributed by atoms with Gasteiger partial charge in [-0.2, -0.15) is 0 Å². The molecule has 0 heterocycles. The quantitative estimate of drug-likeness (QED) is 0.768. The Kier molecular flexibility index (Phi) is 5.00. The molecule has 1 N–H and O–H groups in total. The lowest BCUT2D eigenvalue weighted by Gasteiger charge is -2.24. The van der Waals surface area contributed by atoms with Crippen molar-refractivity contribution in [2.45, 2.75) is 26.3 Å². The maximum atomic E-state index is 12.9. The minimum atomic E-state index is -0.235. The van der Waals surface area contributed by atoms with E-state index in [0.717, 1.165) is 6.42 Å². The van der Waals surface area contributed by atoms with E-state index in [4.69, 9.17) is 0 Å². The van der Waals surface area contributed by atoms with Crippen molar-refractivity contribution in [2.75, 3.05) is 18.9 Å². The van der Waals surface area contributed by atoms with Crippen molar-refractivity contribution in [1.29, 1.82) is 0 Å². The number of nitrogens with one attached hydrogen (secondary N) is 1. The number of carbonyl (C=O) groups excluding carboxylic acids is 3. The molecule has 2 aromatic carbocycles. The second-order valence-electron chi connectivity index (χ2n) is 6.65. The molecule has 0 spiro atoms. The second-order valence-corrected chi connectivity index (χ2v) is 6.65. The van der Waals surface area contributed by atoms with Gasteiger partial charge in [-0.05, 0) is 26.5 Å². The number of hydrogen-bond donors (Lipinski definition) is 1. The van der Waals surface area contributed by atoms with E-state index in [1.807, 2.05) is 11.9 Å². The summed E-state index contributed by atoms with van der Waals surface area (Å²) in [7, 11) is 1.89. The molecule has 5 nitrogen and oxygen atoms in total. The van der Waals surface area contributed by atoms with Gasteiger partial charge in [0.05, 0.1) is 17.8 Å². The molecule has 0 bridgehead atoms. The van der Waals surface area contributed by atoms with Crippen LogP contribution in [0.2, 0.25) is 0 Å². The van der Waals surface area contributed by atoms with E-state index in [2.05, 4.69) is 19.2 Å². The molecule has 1 aliphatic rings. The van der Waals surface area contributed by atoms with E-state index in [9.17, 15) is 14.4 Å². The molecule has 0 saturated carbocycles. The highest BCUT2D eigenvalue weighted by Crippen LogP contribution is 2.31. The molecular formula is C21H22N2O3. The van der Waals surface area contributed by atoms with Gasteiger partial charge in [-0.1, -0.05) is 43.3 Å². The van der Waals surface area contributed by atoms with Crippen molar-refractivity contribution < 1.29 is 14.4 Å². The van der Waals surface area contributed by atoms with Crippen LogP contribution >= 0.6 is 0 Å². The van der Waals surface area contributed by atoms with Gasteiger partial charge in [0.2, 0.25) is 5.91 Å². The number of likely N-dealkylation sites (N-methyl/N-ethyl adjacent to an activating group) is 1. The van der Waals surface area contributed by atoms with Crippen LogP contribution in [0.3, 0.4) is 0 Å². The van der Waals surface area contributed by atoms with Crippen LogP contribution in [0.4, 0.5) is 5.69 Å².